The predicted octanol–water partition coefficient (Wildman–Crippen LogP) is 6.77. The first-order valence-corrected chi connectivity index (χ1v) is 9.34. The quantitative estimate of drug-likeness (QED) is 0.472. The van der Waals surface area contributed by atoms with E-state index < -0.39 is 0 Å². The molecule has 0 aliphatic heterocycles. The molecule has 0 aromatic heterocycles. The van der Waals surface area contributed by atoms with Crippen molar-refractivity contribution in [3.05, 3.63) is 0 Å². The predicted molar refractivity (Wildman–Crippen MR) is 93.7 cm³/mol. The summed E-state index contributed by atoms with van der Waals surface area (Å²) in [6.45, 7) is 29.5. The molecule has 116 valence electrons. The molecule has 0 radical (unpaired) electrons. The van der Waals surface area contributed by atoms with E-state index >= 15 is 0 Å². The fraction of sp³-hybridized carbons (Fsp3) is 1.00. The molecule has 0 atom stereocenters. The van der Waals surface area contributed by atoms with Crippen LogP contribution in [0.25, 0.3) is 0 Å². The summed E-state index contributed by atoms with van der Waals surface area (Å²) in [4.78, 5) is 0. The van der Waals surface area contributed by atoms with E-state index in [-0.39, 0.29) is 7.92 Å². The molecule has 0 spiro atoms. The van der Waals surface area contributed by atoms with Crippen LogP contribution < -0.4 is 0 Å². The first-order chi connectivity index (χ1) is 8.20. The van der Waals surface area contributed by atoms with Gasteiger partial charge in [0.1, 0.15) is 0 Å². The maximum Gasteiger partial charge on any atom is -0.0118 e. The van der Waals surface area contributed by atoms with Gasteiger partial charge < -0.3 is 0 Å². The monoisotopic (exact) mass is 286 g/mol. The summed E-state index contributed by atoms with van der Waals surface area (Å²) in [7, 11) is -0.109. The van der Waals surface area contributed by atoms with Gasteiger partial charge in [-0.2, -0.15) is 0 Å². The zero-order chi connectivity index (χ0) is 15.8. The van der Waals surface area contributed by atoms with Gasteiger partial charge in [0.15, 0.2) is 0 Å². The Labute approximate surface area is 124 Å². The highest BCUT2D eigenvalue weighted by Gasteiger charge is 2.51. The van der Waals surface area contributed by atoms with Crippen LogP contribution in [0.1, 0.15) is 83.1 Å². The Morgan fingerprint density at radius 1 is 0.474 bits per heavy atom. The van der Waals surface area contributed by atoms with Crippen molar-refractivity contribution >= 4 is 7.92 Å². The van der Waals surface area contributed by atoms with Crippen LogP contribution in [0.3, 0.4) is 0 Å². The van der Waals surface area contributed by atoms with Gasteiger partial charge in [-0.25, -0.2) is 0 Å². The van der Waals surface area contributed by atoms with Gasteiger partial charge >= 0.3 is 0 Å². The summed E-state index contributed by atoms with van der Waals surface area (Å²) in [5, 5.41) is 1.24. The topological polar surface area (TPSA) is 0 Å². The van der Waals surface area contributed by atoms with Gasteiger partial charge in [0.25, 0.3) is 0 Å². The van der Waals surface area contributed by atoms with Crippen molar-refractivity contribution in [1.82, 2.24) is 0 Å². The average Bonchev–Trinajstić information content (AvgIpc) is 2.14. The smallest absolute Gasteiger partial charge is 0.0118 e. The maximum absolute atomic E-state index is 2.51. The Bertz CT molecular complexity index is 235. The highest BCUT2D eigenvalue weighted by molar-refractivity contribution is 7.62. The van der Waals surface area contributed by atoms with Crippen LogP contribution >= 0.6 is 7.92 Å². The maximum atomic E-state index is 2.51. The van der Waals surface area contributed by atoms with Gasteiger partial charge in [0.05, 0.1) is 0 Å². The average molecular weight is 286 g/mol. The minimum atomic E-state index is -0.109. The van der Waals surface area contributed by atoms with Crippen LogP contribution in [0.15, 0.2) is 0 Å². The van der Waals surface area contributed by atoms with E-state index in [1.807, 2.05) is 0 Å². The Hall–Kier alpha value is 0.430. The standard InChI is InChI=1S/C18H39P/c1-13(2)16(7,8)19(17(9,10)14(3)4)18(11,12)15(5)6/h13-15H,1-12H3. The van der Waals surface area contributed by atoms with Gasteiger partial charge in [0.2, 0.25) is 0 Å². The molecule has 0 saturated carbocycles. The van der Waals surface area contributed by atoms with E-state index in [9.17, 15) is 0 Å². The summed E-state index contributed by atoms with van der Waals surface area (Å²) in [5.41, 5.74) is 0. The highest BCUT2D eigenvalue weighted by atomic mass is 31.1. The third-order valence-electron chi connectivity index (χ3n) is 5.97. The van der Waals surface area contributed by atoms with Crippen LogP contribution in [0.2, 0.25) is 0 Å². The van der Waals surface area contributed by atoms with Crippen molar-refractivity contribution < 1.29 is 0 Å². The molecule has 0 saturated heterocycles. The molecule has 0 rings (SSSR count). The summed E-state index contributed by atoms with van der Waals surface area (Å²) in [5.74, 6) is 2.19. The van der Waals surface area contributed by atoms with Crippen LogP contribution in [0.4, 0.5) is 0 Å². The molecule has 1 heteroatoms. The molecule has 0 aromatic carbocycles. The zero-order valence-electron chi connectivity index (χ0n) is 15.7. The lowest BCUT2D eigenvalue weighted by Gasteiger charge is -2.58. The molecule has 0 nitrogen and oxygen atoms in total. The van der Waals surface area contributed by atoms with Crippen molar-refractivity contribution in [2.24, 2.45) is 17.8 Å². The SMILES string of the molecule is CC(C)C(C)(C)P(C(C)(C)C(C)C)C(C)(C)C(C)C. The molecular formula is C18H39P. The first kappa shape index (κ1) is 19.4. The van der Waals surface area contributed by atoms with Gasteiger partial charge in [-0.3, -0.25) is 0 Å². The second-order valence-corrected chi connectivity index (χ2v) is 12.9. The van der Waals surface area contributed by atoms with Crippen molar-refractivity contribution in [3.63, 3.8) is 0 Å². The third-order valence-corrected chi connectivity index (χ3v) is 11.0. The van der Waals surface area contributed by atoms with Gasteiger partial charge in [-0.05, 0) is 33.2 Å². The molecule has 0 fully saturated rings. The third kappa shape index (κ3) is 3.75. The number of rotatable bonds is 6. The lowest BCUT2D eigenvalue weighted by molar-refractivity contribution is 0.400. The Morgan fingerprint density at radius 2 is 0.632 bits per heavy atom. The second kappa shape index (κ2) is 6.05. The molecule has 0 heterocycles. The highest BCUT2D eigenvalue weighted by Crippen LogP contribution is 2.72. The first-order valence-electron chi connectivity index (χ1n) is 8.00. The van der Waals surface area contributed by atoms with Crippen LogP contribution in [0.5, 0.6) is 0 Å². The largest absolute Gasteiger partial charge is 0.0885 e. The van der Waals surface area contributed by atoms with Crippen molar-refractivity contribution in [3.8, 4) is 0 Å². The lowest BCUT2D eigenvalue weighted by atomic mass is 9.96. The second-order valence-electron chi connectivity index (χ2n) is 8.76. The zero-order valence-corrected chi connectivity index (χ0v) is 16.6. The Morgan fingerprint density at radius 3 is 0.737 bits per heavy atom. The van der Waals surface area contributed by atoms with E-state index in [1.165, 1.54) is 0 Å². The molecule has 0 aliphatic carbocycles. The van der Waals surface area contributed by atoms with Gasteiger partial charge in [-0.1, -0.05) is 91.0 Å². The van der Waals surface area contributed by atoms with E-state index in [4.69, 9.17) is 0 Å². The summed E-state index contributed by atoms with van der Waals surface area (Å²) in [6, 6.07) is 0. The van der Waals surface area contributed by atoms with Crippen LogP contribution in [-0.4, -0.2) is 15.5 Å². The molecular weight excluding hydrogens is 247 g/mol. The minimum absolute atomic E-state index is 0.109. The van der Waals surface area contributed by atoms with Crippen molar-refractivity contribution in [2.75, 3.05) is 0 Å². The molecule has 0 aromatic rings. The Balaban J connectivity index is 5.93. The number of hydrogen-bond donors (Lipinski definition) is 0. The Kier molecular flexibility index (Phi) is 6.18. The molecule has 0 aliphatic rings. The molecule has 0 amide bonds. The van der Waals surface area contributed by atoms with E-state index in [1.54, 1.807) is 0 Å². The van der Waals surface area contributed by atoms with Crippen molar-refractivity contribution in [2.45, 2.75) is 98.6 Å². The van der Waals surface area contributed by atoms with E-state index in [0.29, 0.717) is 15.5 Å². The van der Waals surface area contributed by atoms with Crippen LogP contribution in [-0.2, 0) is 0 Å². The summed E-state index contributed by atoms with van der Waals surface area (Å²) in [6.07, 6.45) is 0. The van der Waals surface area contributed by atoms with E-state index in [2.05, 4.69) is 83.1 Å². The lowest BCUT2D eigenvalue weighted by Crippen LogP contribution is -2.46. The molecule has 0 unspecified atom stereocenters. The molecule has 0 bridgehead atoms. The fourth-order valence-electron chi connectivity index (χ4n) is 3.00. The van der Waals surface area contributed by atoms with E-state index in [0.717, 1.165) is 17.8 Å². The summed E-state index contributed by atoms with van der Waals surface area (Å²) >= 11 is 0. The van der Waals surface area contributed by atoms with Crippen LogP contribution in [0, 0.1) is 17.8 Å². The summed E-state index contributed by atoms with van der Waals surface area (Å²) < 4.78 is 0. The minimum Gasteiger partial charge on any atom is -0.0885 e. The fourth-order valence-corrected chi connectivity index (χ4v) is 9.01. The normalized spacial score (nSPS) is 15.2. The molecule has 0 N–H and O–H groups in total. The molecule has 19 heavy (non-hydrogen) atoms. The van der Waals surface area contributed by atoms with Gasteiger partial charge in [0, 0.05) is 0 Å². The van der Waals surface area contributed by atoms with Crippen molar-refractivity contribution in [1.29, 1.82) is 0 Å². The number of hydrogen-bond acceptors (Lipinski definition) is 0. The van der Waals surface area contributed by atoms with Gasteiger partial charge in [-0.15, -0.1) is 0 Å².